The molecule has 0 heterocycles. The van der Waals surface area contributed by atoms with E-state index in [1.165, 1.54) is 6.20 Å². The Labute approximate surface area is 78.3 Å². The molecule has 0 bridgehead atoms. The van der Waals surface area contributed by atoms with E-state index in [4.69, 9.17) is 9.66 Å². The van der Waals surface area contributed by atoms with E-state index in [9.17, 15) is 4.21 Å². The van der Waals surface area contributed by atoms with E-state index in [1.807, 2.05) is 0 Å². The van der Waals surface area contributed by atoms with Crippen LogP contribution in [0.25, 0.3) is 6.08 Å². The Morgan fingerprint density at radius 1 is 1.46 bits per heavy atom. The number of hydrogen-bond donors (Lipinski definition) is 3. The standard InChI is InChI=1S/C8H9NO3S/c10-8-3-1-2-7(6-8)4-5-9-13(11)12/h1-6,9-10H,(H,11,12). The van der Waals surface area contributed by atoms with Crippen molar-refractivity contribution in [2.24, 2.45) is 0 Å². The number of phenolic OH excluding ortho intramolecular Hbond substituents is 1. The van der Waals surface area contributed by atoms with Crippen LogP contribution >= 0.6 is 0 Å². The van der Waals surface area contributed by atoms with Crippen LogP contribution in [0.3, 0.4) is 0 Å². The van der Waals surface area contributed by atoms with Crippen LogP contribution in [0.15, 0.2) is 30.5 Å². The van der Waals surface area contributed by atoms with Crippen molar-refractivity contribution in [1.29, 1.82) is 0 Å². The van der Waals surface area contributed by atoms with Crippen molar-refractivity contribution < 1.29 is 13.9 Å². The first-order valence-corrected chi connectivity index (χ1v) is 4.62. The normalized spacial score (nSPS) is 13.0. The summed E-state index contributed by atoms with van der Waals surface area (Å²) in [6.07, 6.45) is 2.92. The summed E-state index contributed by atoms with van der Waals surface area (Å²) in [5.41, 5.74) is 0.748. The molecule has 4 nitrogen and oxygen atoms in total. The van der Waals surface area contributed by atoms with Gasteiger partial charge in [-0.2, -0.15) is 0 Å². The van der Waals surface area contributed by atoms with Gasteiger partial charge in [0.25, 0.3) is 11.3 Å². The van der Waals surface area contributed by atoms with Gasteiger partial charge in [-0.15, -0.1) is 0 Å². The first kappa shape index (κ1) is 9.76. The second-order valence-electron chi connectivity index (χ2n) is 2.30. The van der Waals surface area contributed by atoms with Crippen LogP contribution in [0.5, 0.6) is 5.75 Å². The molecule has 0 radical (unpaired) electrons. The number of aromatic hydroxyl groups is 1. The van der Waals surface area contributed by atoms with Gasteiger partial charge in [0.1, 0.15) is 5.75 Å². The van der Waals surface area contributed by atoms with Gasteiger partial charge in [0.05, 0.1) is 0 Å². The molecule has 1 aromatic rings. The molecule has 0 spiro atoms. The maximum atomic E-state index is 10.2. The topological polar surface area (TPSA) is 69.6 Å². The zero-order chi connectivity index (χ0) is 9.68. The molecule has 0 aliphatic carbocycles. The fraction of sp³-hybridized carbons (Fsp3) is 0. The molecule has 3 N–H and O–H groups in total. The molecular formula is C8H9NO3S. The Hall–Kier alpha value is -1.33. The lowest BCUT2D eigenvalue weighted by Crippen LogP contribution is -2.06. The van der Waals surface area contributed by atoms with E-state index < -0.39 is 11.3 Å². The Balaban J connectivity index is 2.63. The van der Waals surface area contributed by atoms with Gasteiger partial charge >= 0.3 is 0 Å². The lowest BCUT2D eigenvalue weighted by Gasteiger charge is -1.94. The summed E-state index contributed by atoms with van der Waals surface area (Å²) in [7, 11) is 0. The van der Waals surface area contributed by atoms with Crippen molar-refractivity contribution in [2.45, 2.75) is 0 Å². The molecule has 1 aromatic carbocycles. The van der Waals surface area contributed by atoms with Crippen molar-refractivity contribution >= 4 is 17.3 Å². The van der Waals surface area contributed by atoms with Crippen molar-refractivity contribution in [3.05, 3.63) is 36.0 Å². The maximum absolute atomic E-state index is 10.2. The van der Waals surface area contributed by atoms with Gasteiger partial charge in [0.15, 0.2) is 0 Å². The second-order valence-corrected chi connectivity index (χ2v) is 3.03. The summed E-state index contributed by atoms with van der Waals surface area (Å²) in [4.78, 5) is 0. The number of benzene rings is 1. The predicted molar refractivity (Wildman–Crippen MR) is 51.0 cm³/mol. The molecule has 1 atom stereocenters. The molecule has 1 rings (SSSR count). The summed E-state index contributed by atoms with van der Waals surface area (Å²) < 4.78 is 20.7. The van der Waals surface area contributed by atoms with Crippen molar-refractivity contribution in [1.82, 2.24) is 4.72 Å². The van der Waals surface area contributed by atoms with Crippen LogP contribution < -0.4 is 4.72 Å². The Bertz CT molecular complexity index is 338. The van der Waals surface area contributed by atoms with E-state index in [0.29, 0.717) is 0 Å². The van der Waals surface area contributed by atoms with Crippen LogP contribution in [-0.2, 0) is 11.3 Å². The van der Waals surface area contributed by atoms with Gasteiger partial charge in [0, 0.05) is 6.20 Å². The highest BCUT2D eigenvalue weighted by Crippen LogP contribution is 2.11. The fourth-order valence-corrected chi connectivity index (χ4v) is 1.00. The number of hydrogen-bond acceptors (Lipinski definition) is 2. The van der Waals surface area contributed by atoms with Crippen molar-refractivity contribution in [3.8, 4) is 5.75 Å². The molecule has 0 amide bonds. The Morgan fingerprint density at radius 2 is 2.23 bits per heavy atom. The third kappa shape index (κ3) is 3.73. The lowest BCUT2D eigenvalue weighted by molar-refractivity contribution is 0.475. The van der Waals surface area contributed by atoms with Crippen LogP contribution in [0.2, 0.25) is 0 Å². The van der Waals surface area contributed by atoms with E-state index in [2.05, 4.69) is 4.72 Å². The predicted octanol–water partition coefficient (Wildman–Crippen LogP) is 1.09. The Kier molecular flexibility index (Phi) is 3.48. The molecule has 0 fully saturated rings. The average molecular weight is 199 g/mol. The SMILES string of the molecule is O=S(O)NC=Cc1cccc(O)c1. The highest BCUT2D eigenvalue weighted by atomic mass is 32.2. The van der Waals surface area contributed by atoms with E-state index in [0.717, 1.165) is 5.56 Å². The minimum Gasteiger partial charge on any atom is -0.508 e. The quantitative estimate of drug-likeness (QED) is 0.638. The van der Waals surface area contributed by atoms with Gasteiger partial charge in [0.2, 0.25) is 0 Å². The van der Waals surface area contributed by atoms with E-state index in [1.54, 1.807) is 30.3 Å². The highest BCUT2D eigenvalue weighted by Gasteiger charge is 1.88. The third-order valence-corrected chi connectivity index (χ3v) is 1.65. The first-order valence-electron chi connectivity index (χ1n) is 3.51. The molecule has 13 heavy (non-hydrogen) atoms. The van der Waals surface area contributed by atoms with Crippen LogP contribution in [-0.4, -0.2) is 13.9 Å². The van der Waals surface area contributed by atoms with Crippen LogP contribution in [0.4, 0.5) is 0 Å². The second kappa shape index (κ2) is 4.64. The van der Waals surface area contributed by atoms with Gasteiger partial charge in [-0.25, -0.2) is 4.21 Å². The number of nitrogens with one attached hydrogen (secondary N) is 1. The van der Waals surface area contributed by atoms with E-state index in [-0.39, 0.29) is 5.75 Å². The molecule has 0 aromatic heterocycles. The number of rotatable bonds is 3. The van der Waals surface area contributed by atoms with Crippen molar-refractivity contribution in [2.75, 3.05) is 0 Å². The lowest BCUT2D eigenvalue weighted by atomic mass is 10.2. The summed E-state index contributed by atoms with van der Waals surface area (Å²) in [5.74, 6) is 0.160. The fourth-order valence-electron chi connectivity index (χ4n) is 0.817. The molecular weight excluding hydrogens is 190 g/mol. The molecule has 0 saturated carbocycles. The van der Waals surface area contributed by atoms with Gasteiger partial charge < -0.3 is 5.11 Å². The molecule has 1 unspecified atom stereocenters. The van der Waals surface area contributed by atoms with Gasteiger partial charge in [-0.1, -0.05) is 12.1 Å². The summed E-state index contributed by atoms with van der Waals surface area (Å²) in [5, 5.41) is 9.06. The summed E-state index contributed by atoms with van der Waals surface area (Å²) in [6.45, 7) is 0. The largest absolute Gasteiger partial charge is 0.508 e. The molecule has 70 valence electrons. The molecule has 0 aliphatic rings. The minimum absolute atomic E-state index is 0.160. The van der Waals surface area contributed by atoms with Gasteiger partial charge in [-0.3, -0.25) is 9.27 Å². The molecule has 0 saturated heterocycles. The summed E-state index contributed by atoms with van der Waals surface area (Å²) >= 11 is -2.04. The maximum Gasteiger partial charge on any atom is 0.258 e. The smallest absolute Gasteiger partial charge is 0.258 e. The zero-order valence-corrected chi connectivity index (χ0v) is 7.49. The molecule has 5 heteroatoms. The zero-order valence-electron chi connectivity index (χ0n) is 6.68. The average Bonchev–Trinajstić information content (AvgIpc) is 2.03. The summed E-state index contributed by atoms with van der Waals surface area (Å²) in [6, 6.07) is 6.54. The Morgan fingerprint density at radius 3 is 2.85 bits per heavy atom. The van der Waals surface area contributed by atoms with E-state index >= 15 is 0 Å². The van der Waals surface area contributed by atoms with Crippen LogP contribution in [0, 0.1) is 0 Å². The highest BCUT2D eigenvalue weighted by molar-refractivity contribution is 7.77. The van der Waals surface area contributed by atoms with Crippen LogP contribution in [0.1, 0.15) is 5.56 Å². The minimum atomic E-state index is -2.04. The molecule has 0 aliphatic heterocycles. The first-order chi connectivity index (χ1) is 6.18. The monoisotopic (exact) mass is 199 g/mol. The number of phenols is 1. The van der Waals surface area contributed by atoms with Crippen molar-refractivity contribution in [3.63, 3.8) is 0 Å². The van der Waals surface area contributed by atoms with Gasteiger partial charge in [-0.05, 0) is 23.8 Å². The third-order valence-electron chi connectivity index (χ3n) is 1.31.